The Kier molecular flexibility index (Phi) is 5.95. The number of nitrogens with zero attached hydrogens (tertiary/aromatic N) is 4. The number of hydrogen-bond donors (Lipinski definition) is 1. The molecule has 0 spiro atoms. The molecule has 2 aromatic rings. The smallest absolute Gasteiger partial charge is 0.272 e. The highest BCUT2D eigenvalue weighted by molar-refractivity contribution is 5.93. The van der Waals surface area contributed by atoms with Crippen LogP contribution in [0.15, 0.2) is 42.7 Å². The van der Waals surface area contributed by atoms with Crippen molar-refractivity contribution in [1.29, 1.82) is 0 Å². The molecule has 1 aromatic heterocycles. The number of benzene rings is 1. The van der Waals surface area contributed by atoms with E-state index in [1.54, 1.807) is 6.07 Å². The summed E-state index contributed by atoms with van der Waals surface area (Å²) in [7, 11) is 0. The minimum atomic E-state index is -0.00994. The first-order valence-electron chi connectivity index (χ1n) is 8.87. The van der Waals surface area contributed by atoms with E-state index in [-0.39, 0.29) is 5.91 Å². The first-order chi connectivity index (χ1) is 12.3. The predicted molar refractivity (Wildman–Crippen MR) is 98.7 cm³/mol. The van der Waals surface area contributed by atoms with Crippen molar-refractivity contribution < 1.29 is 4.79 Å². The van der Waals surface area contributed by atoms with Crippen LogP contribution < -0.4 is 5.32 Å². The van der Waals surface area contributed by atoms with Gasteiger partial charge in [-0.05, 0) is 18.5 Å². The van der Waals surface area contributed by atoms with Crippen LogP contribution in [0.1, 0.15) is 23.0 Å². The molecule has 0 radical (unpaired) electrons. The van der Waals surface area contributed by atoms with Gasteiger partial charge in [0.05, 0.1) is 0 Å². The number of rotatable bonds is 6. The molecule has 0 aliphatic carbocycles. The largest absolute Gasteiger partial charge is 0.370 e. The molecule has 1 amide bonds. The number of carbonyl (C=O) groups is 1. The number of piperazine rings is 1. The third-order valence-electron chi connectivity index (χ3n) is 4.56. The van der Waals surface area contributed by atoms with Crippen molar-refractivity contribution in [1.82, 2.24) is 19.8 Å². The van der Waals surface area contributed by atoms with Crippen LogP contribution >= 0.6 is 0 Å². The van der Waals surface area contributed by atoms with Crippen LogP contribution in [-0.2, 0) is 6.42 Å². The van der Waals surface area contributed by atoms with Crippen molar-refractivity contribution in [3.05, 3.63) is 54.0 Å². The monoisotopic (exact) mass is 339 g/mol. The molecule has 0 atom stereocenters. The van der Waals surface area contributed by atoms with Gasteiger partial charge in [-0.3, -0.25) is 4.79 Å². The topological polar surface area (TPSA) is 61.4 Å². The van der Waals surface area contributed by atoms with Crippen molar-refractivity contribution in [3.8, 4) is 0 Å². The Morgan fingerprint density at radius 3 is 2.60 bits per heavy atom. The van der Waals surface area contributed by atoms with Gasteiger partial charge in [-0.2, -0.15) is 0 Å². The van der Waals surface area contributed by atoms with Crippen LogP contribution in [0, 0.1) is 0 Å². The van der Waals surface area contributed by atoms with Crippen LogP contribution in [0.2, 0.25) is 0 Å². The van der Waals surface area contributed by atoms with E-state index in [0.717, 1.165) is 45.7 Å². The van der Waals surface area contributed by atoms with Gasteiger partial charge in [0.25, 0.3) is 5.91 Å². The maximum absolute atomic E-state index is 12.6. The lowest BCUT2D eigenvalue weighted by Crippen LogP contribution is -2.48. The van der Waals surface area contributed by atoms with Crippen LogP contribution in [0.4, 0.5) is 5.82 Å². The van der Waals surface area contributed by atoms with Crippen LogP contribution in [0.25, 0.3) is 0 Å². The fraction of sp³-hybridized carbons (Fsp3) is 0.421. The summed E-state index contributed by atoms with van der Waals surface area (Å²) in [4.78, 5) is 25.2. The van der Waals surface area contributed by atoms with E-state index in [2.05, 4.69) is 39.2 Å². The summed E-state index contributed by atoms with van der Waals surface area (Å²) in [5.74, 6) is 0.686. The van der Waals surface area contributed by atoms with E-state index >= 15 is 0 Å². The fourth-order valence-corrected chi connectivity index (χ4v) is 2.98. The molecule has 1 aromatic carbocycles. The summed E-state index contributed by atoms with van der Waals surface area (Å²) in [6.45, 7) is 7.32. The van der Waals surface area contributed by atoms with Gasteiger partial charge in [0.2, 0.25) is 0 Å². The van der Waals surface area contributed by atoms with Crippen LogP contribution in [0.3, 0.4) is 0 Å². The minimum Gasteiger partial charge on any atom is -0.370 e. The van der Waals surface area contributed by atoms with E-state index < -0.39 is 0 Å². The number of anilines is 1. The van der Waals surface area contributed by atoms with E-state index in [1.165, 1.54) is 11.9 Å². The normalized spacial score (nSPS) is 15.2. The third-order valence-corrected chi connectivity index (χ3v) is 4.56. The number of amides is 1. The molecule has 25 heavy (non-hydrogen) atoms. The third kappa shape index (κ3) is 4.76. The molecule has 1 fully saturated rings. The molecule has 1 aliphatic rings. The van der Waals surface area contributed by atoms with Crippen LogP contribution in [-0.4, -0.2) is 64.9 Å². The summed E-state index contributed by atoms with van der Waals surface area (Å²) >= 11 is 0. The quantitative estimate of drug-likeness (QED) is 0.871. The first kappa shape index (κ1) is 17.4. The van der Waals surface area contributed by atoms with Crippen LogP contribution in [0.5, 0.6) is 0 Å². The standard InChI is InChI=1S/C19H25N5O/c1-2-23-10-12-24(13-11-23)19(25)17-14-18(22-15-21-17)20-9-8-16-6-4-3-5-7-16/h3-7,14-15H,2,8-13H2,1H3,(H,20,21,22). The van der Waals surface area contributed by atoms with Gasteiger partial charge < -0.3 is 15.1 Å². The van der Waals surface area contributed by atoms with Gasteiger partial charge in [-0.15, -0.1) is 0 Å². The number of hydrogen-bond acceptors (Lipinski definition) is 5. The van der Waals surface area contributed by atoms with Gasteiger partial charge in [-0.1, -0.05) is 37.3 Å². The lowest BCUT2D eigenvalue weighted by atomic mass is 10.1. The lowest BCUT2D eigenvalue weighted by Gasteiger charge is -2.33. The van der Waals surface area contributed by atoms with Gasteiger partial charge in [-0.25, -0.2) is 9.97 Å². The molecule has 2 heterocycles. The summed E-state index contributed by atoms with van der Waals surface area (Å²) in [6.07, 6.45) is 2.37. The Labute approximate surface area is 148 Å². The second kappa shape index (κ2) is 8.58. The van der Waals surface area contributed by atoms with Gasteiger partial charge in [0.15, 0.2) is 0 Å². The Balaban J connectivity index is 1.55. The molecule has 1 saturated heterocycles. The van der Waals surface area contributed by atoms with E-state index in [4.69, 9.17) is 0 Å². The lowest BCUT2D eigenvalue weighted by molar-refractivity contribution is 0.0637. The number of nitrogens with one attached hydrogen (secondary N) is 1. The first-order valence-corrected chi connectivity index (χ1v) is 8.87. The predicted octanol–water partition coefficient (Wildman–Crippen LogP) is 1.91. The van der Waals surface area contributed by atoms with E-state index in [9.17, 15) is 4.79 Å². The van der Waals surface area contributed by atoms with E-state index in [0.29, 0.717) is 11.5 Å². The number of carbonyl (C=O) groups excluding carboxylic acids is 1. The van der Waals surface area contributed by atoms with Crippen molar-refractivity contribution in [3.63, 3.8) is 0 Å². The molecule has 0 unspecified atom stereocenters. The summed E-state index contributed by atoms with van der Waals surface area (Å²) in [5.41, 5.74) is 1.73. The number of likely N-dealkylation sites (N-methyl/N-ethyl adjacent to an activating group) is 1. The van der Waals surface area contributed by atoms with Crippen molar-refractivity contribution >= 4 is 11.7 Å². The van der Waals surface area contributed by atoms with Gasteiger partial charge in [0, 0.05) is 38.8 Å². The Morgan fingerprint density at radius 2 is 1.88 bits per heavy atom. The molecule has 132 valence electrons. The molecular weight excluding hydrogens is 314 g/mol. The molecule has 1 N–H and O–H groups in total. The minimum absolute atomic E-state index is 0.00994. The van der Waals surface area contributed by atoms with Crippen molar-refractivity contribution in [2.24, 2.45) is 0 Å². The Hall–Kier alpha value is -2.47. The molecule has 6 heteroatoms. The summed E-state index contributed by atoms with van der Waals surface area (Å²) in [6, 6.07) is 12.0. The highest BCUT2D eigenvalue weighted by atomic mass is 16.2. The van der Waals surface area contributed by atoms with Crippen molar-refractivity contribution in [2.45, 2.75) is 13.3 Å². The molecule has 6 nitrogen and oxygen atoms in total. The highest BCUT2D eigenvalue weighted by Crippen LogP contribution is 2.10. The van der Waals surface area contributed by atoms with Crippen molar-refractivity contribution in [2.75, 3.05) is 44.6 Å². The SMILES string of the molecule is CCN1CCN(C(=O)c2cc(NCCc3ccccc3)ncn2)CC1. The maximum Gasteiger partial charge on any atom is 0.272 e. The zero-order chi connectivity index (χ0) is 17.5. The Morgan fingerprint density at radius 1 is 1.12 bits per heavy atom. The fourth-order valence-electron chi connectivity index (χ4n) is 2.98. The van der Waals surface area contributed by atoms with Gasteiger partial charge >= 0.3 is 0 Å². The molecule has 0 saturated carbocycles. The highest BCUT2D eigenvalue weighted by Gasteiger charge is 2.22. The molecule has 0 bridgehead atoms. The zero-order valence-corrected chi connectivity index (χ0v) is 14.7. The number of aromatic nitrogens is 2. The second-order valence-corrected chi connectivity index (χ2v) is 6.18. The second-order valence-electron chi connectivity index (χ2n) is 6.18. The van der Waals surface area contributed by atoms with Gasteiger partial charge in [0.1, 0.15) is 17.8 Å². The van der Waals surface area contributed by atoms with E-state index in [1.807, 2.05) is 23.1 Å². The average molecular weight is 339 g/mol. The zero-order valence-electron chi connectivity index (χ0n) is 14.7. The Bertz CT molecular complexity index is 683. The summed E-state index contributed by atoms with van der Waals surface area (Å²) in [5, 5.41) is 3.28. The molecule has 1 aliphatic heterocycles. The maximum atomic E-state index is 12.6. The summed E-state index contributed by atoms with van der Waals surface area (Å²) < 4.78 is 0. The average Bonchev–Trinajstić information content (AvgIpc) is 2.68. The molecule has 3 rings (SSSR count). The molecular formula is C19H25N5O.